The quantitative estimate of drug-likeness (QED) is 0.764. The van der Waals surface area contributed by atoms with E-state index in [-0.39, 0.29) is 5.69 Å². The van der Waals surface area contributed by atoms with Gasteiger partial charge in [0.15, 0.2) is 5.69 Å². The van der Waals surface area contributed by atoms with Gasteiger partial charge in [-0.15, -0.1) is 0 Å². The molecule has 0 saturated carbocycles. The number of aromatic carboxylic acids is 1. The van der Waals surface area contributed by atoms with E-state index in [1.54, 1.807) is 4.57 Å². The highest BCUT2D eigenvalue weighted by Gasteiger charge is 2.12. The number of aryl methyl sites for hydroxylation is 2. The topological polar surface area (TPSA) is 83.8 Å². The number of hydrogen-bond donors (Lipinski definition) is 2. The Morgan fingerprint density at radius 1 is 1.53 bits per heavy atom. The average Bonchev–Trinajstić information content (AvgIpc) is 2.73. The Balaban J connectivity index is 2.50. The molecule has 78 valence electrons. The largest absolute Gasteiger partial charge is 0.476 e. The van der Waals surface area contributed by atoms with Crippen molar-refractivity contribution < 1.29 is 9.90 Å². The summed E-state index contributed by atoms with van der Waals surface area (Å²) in [4.78, 5) is 14.4. The Hall–Kier alpha value is -2.11. The summed E-state index contributed by atoms with van der Waals surface area (Å²) in [6.07, 6.45) is 2.93. The lowest BCUT2D eigenvalue weighted by Crippen LogP contribution is -1.96. The van der Waals surface area contributed by atoms with Crippen molar-refractivity contribution in [1.82, 2.24) is 19.7 Å². The second-order valence-electron chi connectivity index (χ2n) is 3.25. The minimum Gasteiger partial charge on any atom is -0.476 e. The lowest BCUT2D eigenvalue weighted by atomic mass is 10.3. The Labute approximate surface area is 85.6 Å². The monoisotopic (exact) mass is 206 g/mol. The highest BCUT2D eigenvalue weighted by atomic mass is 16.4. The van der Waals surface area contributed by atoms with Gasteiger partial charge >= 0.3 is 5.97 Å². The van der Waals surface area contributed by atoms with E-state index in [4.69, 9.17) is 5.11 Å². The summed E-state index contributed by atoms with van der Waals surface area (Å²) in [6.45, 7) is 3.72. The fourth-order valence-electron chi connectivity index (χ4n) is 1.48. The summed E-state index contributed by atoms with van der Waals surface area (Å²) in [5.41, 5.74) is 2.55. The molecule has 6 heteroatoms. The second-order valence-corrected chi connectivity index (χ2v) is 3.25. The fraction of sp³-hybridized carbons (Fsp3) is 0.222. The van der Waals surface area contributed by atoms with Crippen molar-refractivity contribution in [1.29, 1.82) is 0 Å². The maximum absolute atomic E-state index is 10.7. The molecule has 0 aliphatic carbocycles. The summed E-state index contributed by atoms with van der Waals surface area (Å²) in [7, 11) is 0. The van der Waals surface area contributed by atoms with Gasteiger partial charge in [0.25, 0.3) is 0 Å². The first-order chi connectivity index (χ1) is 7.09. The molecule has 2 aromatic rings. The molecule has 0 unspecified atom stereocenters. The lowest BCUT2D eigenvalue weighted by molar-refractivity contribution is 0.0691. The number of aromatic amines is 1. The van der Waals surface area contributed by atoms with E-state index in [0.29, 0.717) is 0 Å². The van der Waals surface area contributed by atoms with Crippen LogP contribution in [0.25, 0.3) is 5.69 Å². The van der Waals surface area contributed by atoms with E-state index >= 15 is 0 Å². The number of imidazole rings is 1. The number of nitrogens with one attached hydrogen (secondary N) is 1. The first kappa shape index (κ1) is 9.45. The molecular weight excluding hydrogens is 196 g/mol. The summed E-state index contributed by atoms with van der Waals surface area (Å²) in [6, 6.07) is 0. The van der Waals surface area contributed by atoms with Crippen LogP contribution in [0.15, 0.2) is 12.5 Å². The standard InChI is InChI=1S/C9H10N4O2/c1-5-8(6(2)12-11-5)13-3-7(9(14)15)10-4-13/h3-4H,1-2H3,(H,11,12)(H,14,15). The Bertz CT molecular complexity index is 492. The van der Waals surface area contributed by atoms with Gasteiger partial charge in [-0.05, 0) is 13.8 Å². The van der Waals surface area contributed by atoms with Crippen molar-refractivity contribution in [3.63, 3.8) is 0 Å². The number of carbonyl (C=O) groups is 1. The maximum atomic E-state index is 10.7. The van der Waals surface area contributed by atoms with Crippen LogP contribution in [-0.2, 0) is 0 Å². The van der Waals surface area contributed by atoms with Gasteiger partial charge in [-0.3, -0.25) is 5.10 Å². The molecule has 0 fully saturated rings. The van der Waals surface area contributed by atoms with Crippen LogP contribution in [0.3, 0.4) is 0 Å². The third-order valence-corrected chi connectivity index (χ3v) is 2.15. The van der Waals surface area contributed by atoms with Crippen molar-refractivity contribution in [2.45, 2.75) is 13.8 Å². The predicted molar refractivity (Wildman–Crippen MR) is 52.1 cm³/mol. The molecule has 0 bridgehead atoms. The van der Waals surface area contributed by atoms with Crippen LogP contribution in [0.2, 0.25) is 0 Å². The van der Waals surface area contributed by atoms with Crippen LogP contribution >= 0.6 is 0 Å². The zero-order valence-electron chi connectivity index (χ0n) is 8.35. The van der Waals surface area contributed by atoms with Crippen LogP contribution < -0.4 is 0 Å². The van der Waals surface area contributed by atoms with Crippen LogP contribution in [0, 0.1) is 13.8 Å². The number of hydrogen-bond acceptors (Lipinski definition) is 3. The molecule has 0 amide bonds. The van der Waals surface area contributed by atoms with Gasteiger partial charge in [-0.25, -0.2) is 9.78 Å². The molecule has 2 aromatic heterocycles. The van der Waals surface area contributed by atoms with Crippen molar-refractivity contribution in [3.8, 4) is 5.69 Å². The molecule has 6 nitrogen and oxygen atoms in total. The zero-order valence-corrected chi connectivity index (χ0v) is 8.35. The second kappa shape index (κ2) is 3.23. The van der Waals surface area contributed by atoms with Crippen molar-refractivity contribution >= 4 is 5.97 Å². The average molecular weight is 206 g/mol. The van der Waals surface area contributed by atoms with Gasteiger partial charge in [-0.1, -0.05) is 0 Å². The van der Waals surface area contributed by atoms with Gasteiger partial charge in [0, 0.05) is 6.20 Å². The molecule has 0 saturated heterocycles. The maximum Gasteiger partial charge on any atom is 0.356 e. The normalized spacial score (nSPS) is 10.5. The number of rotatable bonds is 2. The fourth-order valence-corrected chi connectivity index (χ4v) is 1.48. The van der Waals surface area contributed by atoms with Gasteiger partial charge in [-0.2, -0.15) is 5.10 Å². The molecule has 0 aliphatic rings. The number of aromatic nitrogens is 4. The molecule has 0 atom stereocenters. The molecule has 0 aromatic carbocycles. The summed E-state index contributed by atoms with van der Waals surface area (Å²) in [5, 5.41) is 15.6. The first-order valence-electron chi connectivity index (χ1n) is 4.39. The Morgan fingerprint density at radius 2 is 2.27 bits per heavy atom. The van der Waals surface area contributed by atoms with Crippen LogP contribution in [0.5, 0.6) is 0 Å². The molecule has 2 N–H and O–H groups in total. The van der Waals surface area contributed by atoms with E-state index in [1.807, 2.05) is 13.8 Å². The molecule has 0 spiro atoms. The lowest BCUT2D eigenvalue weighted by Gasteiger charge is -1.99. The summed E-state index contributed by atoms with van der Waals surface area (Å²) in [5.74, 6) is -1.03. The third-order valence-electron chi connectivity index (χ3n) is 2.15. The van der Waals surface area contributed by atoms with Gasteiger partial charge in [0.05, 0.1) is 17.1 Å². The van der Waals surface area contributed by atoms with E-state index in [0.717, 1.165) is 17.1 Å². The molecule has 2 rings (SSSR count). The SMILES string of the molecule is Cc1n[nH]c(C)c1-n1cnc(C(=O)O)c1. The smallest absolute Gasteiger partial charge is 0.356 e. The van der Waals surface area contributed by atoms with Crippen molar-refractivity contribution in [2.24, 2.45) is 0 Å². The molecule has 0 aliphatic heterocycles. The third kappa shape index (κ3) is 1.50. The Kier molecular flexibility index (Phi) is 2.03. The minimum atomic E-state index is -1.03. The summed E-state index contributed by atoms with van der Waals surface area (Å²) >= 11 is 0. The molecule has 2 heterocycles. The van der Waals surface area contributed by atoms with Gasteiger partial charge in [0.1, 0.15) is 6.33 Å². The predicted octanol–water partition coefficient (Wildman–Crippen LogP) is 0.910. The minimum absolute atomic E-state index is 0.0231. The summed E-state index contributed by atoms with van der Waals surface area (Å²) < 4.78 is 1.65. The van der Waals surface area contributed by atoms with E-state index < -0.39 is 5.97 Å². The van der Waals surface area contributed by atoms with Crippen molar-refractivity contribution in [3.05, 3.63) is 29.6 Å². The van der Waals surface area contributed by atoms with Crippen LogP contribution in [-0.4, -0.2) is 30.8 Å². The molecular formula is C9H10N4O2. The van der Waals surface area contributed by atoms with Crippen molar-refractivity contribution in [2.75, 3.05) is 0 Å². The number of H-pyrrole nitrogens is 1. The highest BCUT2D eigenvalue weighted by molar-refractivity contribution is 5.85. The van der Waals surface area contributed by atoms with E-state index in [2.05, 4.69) is 15.2 Å². The van der Waals surface area contributed by atoms with Crippen LogP contribution in [0.4, 0.5) is 0 Å². The highest BCUT2D eigenvalue weighted by Crippen LogP contribution is 2.15. The number of carboxylic acids is 1. The van der Waals surface area contributed by atoms with Gasteiger partial charge < -0.3 is 9.67 Å². The number of carboxylic acid groups (broad SMARTS) is 1. The molecule has 0 radical (unpaired) electrons. The van der Waals surface area contributed by atoms with Crippen LogP contribution in [0.1, 0.15) is 21.9 Å². The number of nitrogens with zero attached hydrogens (tertiary/aromatic N) is 3. The van der Waals surface area contributed by atoms with E-state index in [1.165, 1.54) is 12.5 Å². The molecule has 15 heavy (non-hydrogen) atoms. The zero-order chi connectivity index (χ0) is 11.0. The van der Waals surface area contributed by atoms with E-state index in [9.17, 15) is 4.79 Å². The van der Waals surface area contributed by atoms with Gasteiger partial charge in [0.2, 0.25) is 0 Å². The Morgan fingerprint density at radius 3 is 2.73 bits per heavy atom. The first-order valence-corrected chi connectivity index (χ1v) is 4.39.